The maximum atomic E-state index is 11.0. The molecule has 0 aromatic heterocycles. The quantitative estimate of drug-likeness (QED) is 0.466. The van der Waals surface area contributed by atoms with E-state index in [-0.39, 0.29) is 5.91 Å². The molecule has 1 N–H and O–H groups in total. The van der Waals surface area contributed by atoms with Crippen molar-refractivity contribution in [1.82, 2.24) is 5.32 Å². The summed E-state index contributed by atoms with van der Waals surface area (Å²) in [7, 11) is 0. The summed E-state index contributed by atoms with van der Waals surface area (Å²) in [5.74, 6) is -1.73. The molecule has 0 radical (unpaired) electrons. The monoisotopic (exact) mass is 226 g/mol. The second-order valence-electron chi connectivity index (χ2n) is 3.71. The Labute approximate surface area is 96.7 Å². The predicted molar refractivity (Wildman–Crippen MR) is 60.5 cm³/mol. The Morgan fingerprint density at radius 3 is 2.31 bits per heavy atom. The lowest BCUT2D eigenvalue weighted by Crippen LogP contribution is -2.24. The van der Waals surface area contributed by atoms with E-state index in [0.717, 1.165) is 25.0 Å². The van der Waals surface area contributed by atoms with Crippen LogP contribution in [0.15, 0.2) is 12.2 Å². The SMILES string of the molecule is CCCCCCCCNC(=O)/C=C\C(=O)[O-]. The fourth-order valence-corrected chi connectivity index (χ4v) is 1.32. The van der Waals surface area contributed by atoms with E-state index < -0.39 is 5.97 Å². The topological polar surface area (TPSA) is 69.2 Å². The Kier molecular flexibility index (Phi) is 9.36. The number of hydrogen-bond acceptors (Lipinski definition) is 3. The number of carboxylic acids is 1. The zero-order valence-electron chi connectivity index (χ0n) is 9.83. The molecule has 0 heterocycles. The smallest absolute Gasteiger partial charge is 0.244 e. The first-order chi connectivity index (χ1) is 7.66. The molecule has 4 heteroatoms. The van der Waals surface area contributed by atoms with Crippen LogP contribution in [0.25, 0.3) is 0 Å². The second kappa shape index (κ2) is 10.2. The van der Waals surface area contributed by atoms with Gasteiger partial charge >= 0.3 is 0 Å². The van der Waals surface area contributed by atoms with Crippen molar-refractivity contribution >= 4 is 11.9 Å². The van der Waals surface area contributed by atoms with E-state index in [4.69, 9.17) is 0 Å². The van der Waals surface area contributed by atoms with Crippen LogP contribution in [-0.4, -0.2) is 18.4 Å². The first-order valence-corrected chi connectivity index (χ1v) is 5.83. The van der Waals surface area contributed by atoms with E-state index in [1.165, 1.54) is 25.7 Å². The molecule has 0 aliphatic rings. The number of unbranched alkanes of at least 4 members (excludes halogenated alkanes) is 5. The van der Waals surface area contributed by atoms with Gasteiger partial charge in [0.1, 0.15) is 0 Å². The van der Waals surface area contributed by atoms with Crippen LogP contribution in [0.3, 0.4) is 0 Å². The van der Waals surface area contributed by atoms with Gasteiger partial charge in [0.05, 0.1) is 5.97 Å². The Bertz CT molecular complexity index is 236. The molecule has 0 spiro atoms. The molecule has 0 fully saturated rings. The van der Waals surface area contributed by atoms with E-state index in [1.54, 1.807) is 0 Å². The molecule has 4 nitrogen and oxygen atoms in total. The molecule has 0 aliphatic heterocycles. The maximum Gasteiger partial charge on any atom is 0.244 e. The highest BCUT2D eigenvalue weighted by atomic mass is 16.4. The zero-order chi connectivity index (χ0) is 12.2. The minimum Gasteiger partial charge on any atom is -0.545 e. The zero-order valence-corrected chi connectivity index (χ0v) is 9.83. The van der Waals surface area contributed by atoms with E-state index in [2.05, 4.69) is 12.2 Å². The van der Waals surface area contributed by atoms with Gasteiger partial charge in [-0.15, -0.1) is 0 Å². The van der Waals surface area contributed by atoms with Gasteiger partial charge in [-0.25, -0.2) is 0 Å². The van der Waals surface area contributed by atoms with Crippen LogP contribution in [0.4, 0.5) is 0 Å². The summed E-state index contributed by atoms with van der Waals surface area (Å²) < 4.78 is 0. The van der Waals surface area contributed by atoms with Crippen molar-refractivity contribution in [1.29, 1.82) is 0 Å². The normalized spacial score (nSPS) is 10.6. The third-order valence-electron chi connectivity index (χ3n) is 2.20. The number of amides is 1. The van der Waals surface area contributed by atoms with Crippen LogP contribution < -0.4 is 10.4 Å². The lowest BCUT2D eigenvalue weighted by Gasteiger charge is -2.02. The highest BCUT2D eigenvalue weighted by Crippen LogP contribution is 2.03. The summed E-state index contributed by atoms with van der Waals surface area (Å²) in [6.45, 7) is 2.77. The number of hydrogen-bond donors (Lipinski definition) is 1. The molecule has 0 atom stereocenters. The van der Waals surface area contributed by atoms with Gasteiger partial charge in [0, 0.05) is 12.6 Å². The summed E-state index contributed by atoms with van der Waals surface area (Å²) in [5, 5.41) is 12.6. The third-order valence-corrected chi connectivity index (χ3v) is 2.20. The van der Waals surface area contributed by atoms with Gasteiger partial charge in [0.15, 0.2) is 0 Å². The number of nitrogens with one attached hydrogen (secondary N) is 1. The van der Waals surface area contributed by atoms with Gasteiger partial charge in [0.25, 0.3) is 0 Å². The fraction of sp³-hybridized carbons (Fsp3) is 0.667. The summed E-state index contributed by atoms with van der Waals surface area (Å²) >= 11 is 0. The number of carbonyl (C=O) groups is 2. The van der Waals surface area contributed by atoms with E-state index in [9.17, 15) is 14.7 Å². The van der Waals surface area contributed by atoms with Gasteiger partial charge in [-0.2, -0.15) is 0 Å². The van der Waals surface area contributed by atoms with Crippen LogP contribution in [0, 0.1) is 0 Å². The second-order valence-corrected chi connectivity index (χ2v) is 3.71. The first kappa shape index (κ1) is 14.7. The van der Waals surface area contributed by atoms with Crippen LogP contribution in [0.2, 0.25) is 0 Å². The number of aliphatic carboxylic acids is 1. The molecular weight excluding hydrogens is 206 g/mol. The van der Waals surface area contributed by atoms with Gasteiger partial charge in [-0.05, 0) is 12.5 Å². The summed E-state index contributed by atoms with van der Waals surface area (Å²) in [6, 6.07) is 0. The molecular formula is C12H20NO3-. The Hall–Kier alpha value is -1.32. The largest absolute Gasteiger partial charge is 0.545 e. The Balaban J connectivity index is 3.31. The number of carbonyl (C=O) groups excluding carboxylic acids is 2. The fourth-order valence-electron chi connectivity index (χ4n) is 1.32. The summed E-state index contributed by atoms with van der Waals surface area (Å²) in [6.07, 6.45) is 8.68. The highest BCUT2D eigenvalue weighted by Gasteiger charge is 1.94. The molecule has 16 heavy (non-hydrogen) atoms. The number of carboxylic acid groups (broad SMARTS) is 1. The summed E-state index contributed by atoms with van der Waals surface area (Å²) in [5.41, 5.74) is 0. The third kappa shape index (κ3) is 10.8. The lowest BCUT2D eigenvalue weighted by molar-refractivity contribution is -0.297. The Morgan fingerprint density at radius 1 is 1.06 bits per heavy atom. The van der Waals surface area contributed by atoms with Crippen molar-refractivity contribution in [2.45, 2.75) is 45.4 Å². The van der Waals surface area contributed by atoms with Gasteiger partial charge < -0.3 is 15.2 Å². The van der Waals surface area contributed by atoms with E-state index in [0.29, 0.717) is 6.54 Å². The van der Waals surface area contributed by atoms with Crippen molar-refractivity contribution in [2.24, 2.45) is 0 Å². The molecule has 0 saturated carbocycles. The van der Waals surface area contributed by atoms with Crippen LogP contribution in [0.5, 0.6) is 0 Å². The molecule has 0 rings (SSSR count). The molecule has 0 aliphatic carbocycles. The molecule has 92 valence electrons. The molecule has 0 bridgehead atoms. The maximum absolute atomic E-state index is 11.0. The van der Waals surface area contributed by atoms with Crippen molar-refractivity contribution < 1.29 is 14.7 Å². The van der Waals surface area contributed by atoms with Gasteiger partial charge in [-0.1, -0.05) is 39.0 Å². The predicted octanol–water partition coefficient (Wildman–Crippen LogP) is 0.769. The van der Waals surface area contributed by atoms with Gasteiger partial charge in [0.2, 0.25) is 5.91 Å². The summed E-state index contributed by atoms with van der Waals surface area (Å²) in [4.78, 5) is 21.0. The van der Waals surface area contributed by atoms with E-state index >= 15 is 0 Å². The van der Waals surface area contributed by atoms with Gasteiger partial charge in [-0.3, -0.25) is 4.79 Å². The van der Waals surface area contributed by atoms with Crippen LogP contribution in [-0.2, 0) is 9.59 Å². The van der Waals surface area contributed by atoms with E-state index in [1.807, 2.05) is 0 Å². The minimum atomic E-state index is -1.35. The van der Waals surface area contributed by atoms with Crippen molar-refractivity contribution in [2.75, 3.05) is 6.54 Å². The Morgan fingerprint density at radius 2 is 1.69 bits per heavy atom. The van der Waals surface area contributed by atoms with Crippen LogP contribution in [0.1, 0.15) is 45.4 Å². The molecule has 0 unspecified atom stereocenters. The average molecular weight is 226 g/mol. The van der Waals surface area contributed by atoms with Crippen LogP contribution >= 0.6 is 0 Å². The highest BCUT2D eigenvalue weighted by molar-refractivity contribution is 5.93. The standard InChI is InChI=1S/C12H21NO3/c1-2-3-4-5-6-7-10-13-11(14)8-9-12(15)16/h8-9H,2-7,10H2,1H3,(H,13,14)(H,15,16)/p-1/b9-8-. The molecule has 0 aromatic carbocycles. The number of rotatable bonds is 9. The average Bonchev–Trinajstić information content (AvgIpc) is 2.25. The molecule has 0 aromatic rings. The molecule has 0 saturated heterocycles. The van der Waals surface area contributed by atoms with Crippen molar-refractivity contribution in [3.8, 4) is 0 Å². The minimum absolute atomic E-state index is 0.377. The lowest BCUT2D eigenvalue weighted by atomic mass is 10.1. The molecule has 1 amide bonds. The van der Waals surface area contributed by atoms with Crippen molar-refractivity contribution in [3.05, 3.63) is 12.2 Å². The van der Waals surface area contributed by atoms with Crippen molar-refractivity contribution in [3.63, 3.8) is 0 Å². The first-order valence-electron chi connectivity index (χ1n) is 5.83.